The van der Waals surface area contributed by atoms with Crippen molar-refractivity contribution >= 4 is 11.5 Å². The zero-order valence-electron chi connectivity index (χ0n) is 15.2. The van der Waals surface area contributed by atoms with E-state index in [0.717, 1.165) is 18.0 Å². The van der Waals surface area contributed by atoms with Crippen molar-refractivity contribution < 1.29 is 69.3 Å². The molecule has 0 N–H and O–H groups in total. The fraction of sp³-hybridized carbons (Fsp3) is 0.111. The number of nitrogens with zero attached hydrogens (tertiary/aromatic N) is 4. The molecule has 2 rings (SSSR count). The van der Waals surface area contributed by atoms with Gasteiger partial charge in [0.25, 0.3) is 0 Å². The first kappa shape index (κ1) is 26.6. The predicted octanol–water partition coefficient (Wildman–Crippen LogP) is -4.41. The van der Waals surface area contributed by atoms with Crippen LogP contribution < -0.4 is 69.3 Å². The van der Waals surface area contributed by atoms with Gasteiger partial charge in [-0.25, -0.2) is 4.85 Å². The second kappa shape index (κ2) is 14.5. The standard InChI is InChI=1S/C11H7N3O2.C7H9N.2Na/c1-13-7-11(16)9-3-2-8(6-14-9)10(15)4-5-12;1-6-3-4-7(2)8-5-6;;/h2-4,6-7,15-16H;3-5H,1-2H3;;/q;;2*+1/p-2/b10-4-,11-7-;;;. The van der Waals surface area contributed by atoms with Gasteiger partial charge in [-0.15, -0.1) is 0 Å². The van der Waals surface area contributed by atoms with Gasteiger partial charge in [0.2, 0.25) is 0 Å². The molecule has 0 saturated carbocycles. The van der Waals surface area contributed by atoms with Gasteiger partial charge in [0.15, 0.2) is 0 Å². The van der Waals surface area contributed by atoms with Gasteiger partial charge >= 0.3 is 59.1 Å². The first-order valence-electron chi connectivity index (χ1n) is 6.84. The molecule has 0 saturated heterocycles. The largest absolute Gasteiger partial charge is 1.00 e. The van der Waals surface area contributed by atoms with E-state index in [9.17, 15) is 10.2 Å². The third kappa shape index (κ3) is 9.74. The van der Waals surface area contributed by atoms with Crippen LogP contribution in [0.25, 0.3) is 16.4 Å². The Hall–Kier alpha value is -1.64. The summed E-state index contributed by atoms with van der Waals surface area (Å²) < 4.78 is 0. The SMILES string of the molecule is Cc1ccc(C)nc1.[C-]#[N+]/C=C(\[O-])c1ccc(/C([O-])=C/C#N)cn1.[Na+].[Na+]. The average molecular weight is 364 g/mol. The van der Waals surface area contributed by atoms with Gasteiger partial charge in [-0.3, -0.25) is 9.97 Å². The molecule has 2 aromatic rings. The van der Waals surface area contributed by atoms with Crippen LogP contribution in [0.4, 0.5) is 0 Å². The molecule has 0 unspecified atom stereocenters. The van der Waals surface area contributed by atoms with Crippen molar-refractivity contribution in [3.8, 4) is 6.07 Å². The molecule has 0 aliphatic carbocycles. The van der Waals surface area contributed by atoms with E-state index >= 15 is 0 Å². The molecule has 6 nitrogen and oxygen atoms in total. The summed E-state index contributed by atoms with van der Waals surface area (Å²) in [6.45, 7) is 10.5. The third-order valence-corrected chi connectivity index (χ3v) is 2.74. The first-order chi connectivity index (χ1) is 11.5. The summed E-state index contributed by atoms with van der Waals surface area (Å²) in [7, 11) is 0. The van der Waals surface area contributed by atoms with Gasteiger partial charge in [-0.05, 0) is 37.1 Å². The van der Waals surface area contributed by atoms with Crippen LogP contribution in [-0.4, -0.2) is 9.97 Å². The van der Waals surface area contributed by atoms with Crippen LogP contribution >= 0.6 is 0 Å². The average Bonchev–Trinajstić information content (AvgIpc) is 2.59. The first-order valence-corrected chi connectivity index (χ1v) is 6.84. The number of allylic oxidation sites excluding steroid dienone is 1. The molecule has 120 valence electrons. The number of nitriles is 1. The Morgan fingerprint density at radius 3 is 2.19 bits per heavy atom. The van der Waals surface area contributed by atoms with Crippen LogP contribution in [0.3, 0.4) is 0 Å². The Bertz CT molecular complexity index is 748. The zero-order chi connectivity index (χ0) is 17.9. The van der Waals surface area contributed by atoms with Gasteiger partial charge < -0.3 is 10.2 Å². The van der Waals surface area contributed by atoms with Gasteiger partial charge in [0.05, 0.1) is 12.6 Å². The summed E-state index contributed by atoms with van der Waals surface area (Å²) in [5.74, 6) is -0.985. The topological polar surface area (TPSA) is 100 Å². The van der Waals surface area contributed by atoms with Crippen LogP contribution in [0.1, 0.15) is 22.5 Å². The summed E-state index contributed by atoms with van der Waals surface area (Å²) in [5, 5.41) is 30.6. The second-order valence-corrected chi connectivity index (χ2v) is 4.67. The maximum atomic E-state index is 11.2. The molecule has 2 aromatic heterocycles. The number of aryl methyl sites for hydroxylation is 2. The minimum Gasteiger partial charge on any atom is -0.880 e. The number of hydrogen-bond donors (Lipinski definition) is 0. The second-order valence-electron chi connectivity index (χ2n) is 4.67. The van der Waals surface area contributed by atoms with Gasteiger partial charge in [-0.1, -0.05) is 23.7 Å². The van der Waals surface area contributed by atoms with E-state index in [1.165, 1.54) is 23.9 Å². The smallest absolute Gasteiger partial charge is 0.880 e. The van der Waals surface area contributed by atoms with E-state index in [1.807, 2.05) is 26.1 Å². The van der Waals surface area contributed by atoms with Crippen molar-refractivity contribution in [1.29, 1.82) is 5.26 Å². The zero-order valence-corrected chi connectivity index (χ0v) is 19.2. The molecule has 0 radical (unpaired) electrons. The van der Waals surface area contributed by atoms with Crippen molar-refractivity contribution in [2.45, 2.75) is 13.8 Å². The normalized spacial score (nSPS) is 10.0. The fourth-order valence-corrected chi connectivity index (χ4v) is 1.49. The molecular formula is C18H14N4Na2O2. The molecule has 0 spiro atoms. The van der Waals surface area contributed by atoms with Crippen LogP contribution in [0.15, 0.2) is 48.9 Å². The van der Waals surface area contributed by atoms with Crippen molar-refractivity contribution in [3.05, 3.63) is 82.9 Å². The number of rotatable bonds is 2. The molecule has 0 fully saturated rings. The summed E-state index contributed by atoms with van der Waals surface area (Å²) in [6.07, 6.45) is 4.73. The Labute approximate surface area is 197 Å². The molecule has 0 aromatic carbocycles. The van der Waals surface area contributed by atoms with E-state index < -0.39 is 11.5 Å². The van der Waals surface area contributed by atoms with Crippen LogP contribution in [0.2, 0.25) is 0 Å². The Kier molecular flexibility index (Phi) is 14.8. The molecule has 0 aliphatic rings. The van der Waals surface area contributed by atoms with Crippen molar-refractivity contribution in [2.24, 2.45) is 0 Å². The number of aromatic nitrogens is 2. The quantitative estimate of drug-likeness (QED) is 0.232. The van der Waals surface area contributed by atoms with E-state index in [2.05, 4.69) is 20.9 Å². The summed E-state index contributed by atoms with van der Waals surface area (Å²) >= 11 is 0. The summed E-state index contributed by atoms with van der Waals surface area (Å²) in [5.41, 5.74) is 2.61. The summed E-state index contributed by atoms with van der Waals surface area (Å²) in [4.78, 5) is 10.6. The molecule has 0 aliphatic heterocycles. The maximum absolute atomic E-state index is 11.2. The molecule has 2 heterocycles. The molecule has 26 heavy (non-hydrogen) atoms. The summed E-state index contributed by atoms with van der Waals surface area (Å²) in [6, 6.07) is 8.39. The number of pyridine rings is 2. The Balaban J connectivity index is 0. The molecule has 0 bridgehead atoms. The fourth-order valence-electron chi connectivity index (χ4n) is 1.49. The predicted molar refractivity (Wildman–Crippen MR) is 86.1 cm³/mol. The third-order valence-electron chi connectivity index (χ3n) is 2.74. The maximum Gasteiger partial charge on any atom is 1.00 e. The van der Waals surface area contributed by atoms with Crippen LogP contribution in [-0.2, 0) is 0 Å². The van der Waals surface area contributed by atoms with E-state index in [4.69, 9.17) is 11.8 Å². The Morgan fingerprint density at radius 1 is 1.08 bits per heavy atom. The van der Waals surface area contributed by atoms with Crippen LogP contribution in [0.5, 0.6) is 0 Å². The molecular weight excluding hydrogens is 350 g/mol. The molecule has 0 amide bonds. The van der Waals surface area contributed by atoms with Gasteiger partial charge in [-0.2, -0.15) is 5.26 Å². The minimum atomic E-state index is -0.515. The minimum absolute atomic E-state index is 0. The Morgan fingerprint density at radius 2 is 1.77 bits per heavy atom. The van der Waals surface area contributed by atoms with E-state index in [0.29, 0.717) is 0 Å². The van der Waals surface area contributed by atoms with Crippen LogP contribution in [0, 0.1) is 31.8 Å². The van der Waals surface area contributed by atoms with E-state index in [-0.39, 0.29) is 70.4 Å². The van der Waals surface area contributed by atoms with Gasteiger partial charge in [0, 0.05) is 29.9 Å². The monoisotopic (exact) mass is 364 g/mol. The van der Waals surface area contributed by atoms with E-state index in [1.54, 1.807) is 6.07 Å². The molecule has 0 atom stereocenters. The van der Waals surface area contributed by atoms with Gasteiger partial charge in [0.1, 0.15) is 6.20 Å². The van der Waals surface area contributed by atoms with Crippen molar-refractivity contribution in [2.75, 3.05) is 0 Å². The van der Waals surface area contributed by atoms with Crippen molar-refractivity contribution in [1.82, 2.24) is 9.97 Å². The molecule has 8 heteroatoms. The number of hydrogen-bond acceptors (Lipinski definition) is 5. The van der Waals surface area contributed by atoms with Crippen molar-refractivity contribution in [3.63, 3.8) is 0 Å².